The van der Waals surface area contributed by atoms with Crippen LogP contribution in [0.5, 0.6) is 5.75 Å². The van der Waals surface area contributed by atoms with E-state index in [2.05, 4.69) is 0 Å². The Morgan fingerprint density at radius 1 is 1.20 bits per heavy atom. The van der Waals surface area contributed by atoms with Crippen LogP contribution in [0.2, 0.25) is 0 Å². The predicted molar refractivity (Wildman–Crippen MR) is 119 cm³/mol. The number of rotatable bonds is 7. The van der Waals surface area contributed by atoms with Gasteiger partial charge in [0.15, 0.2) is 0 Å². The monoisotopic (exact) mass is 432 g/mol. The molecule has 1 heterocycles. The van der Waals surface area contributed by atoms with Crippen molar-refractivity contribution in [3.05, 3.63) is 65.2 Å². The Morgan fingerprint density at radius 3 is 2.53 bits per heavy atom. The van der Waals surface area contributed by atoms with Gasteiger partial charge in [-0.15, -0.1) is 0 Å². The highest BCUT2D eigenvalue weighted by molar-refractivity contribution is 7.88. The van der Waals surface area contributed by atoms with Gasteiger partial charge in [-0.25, -0.2) is 8.42 Å². The number of sulfonamides is 1. The lowest BCUT2D eigenvalue weighted by molar-refractivity contribution is -0.0342. The van der Waals surface area contributed by atoms with Crippen molar-refractivity contribution in [3.63, 3.8) is 0 Å². The van der Waals surface area contributed by atoms with Crippen LogP contribution in [0.4, 0.5) is 0 Å². The van der Waals surface area contributed by atoms with Crippen LogP contribution >= 0.6 is 0 Å². The molecule has 3 rings (SSSR count). The lowest BCUT2D eigenvalue weighted by Crippen LogP contribution is -2.54. The molecule has 0 spiro atoms. The van der Waals surface area contributed by atoms with Crippen LogP contribution < -0.4 is 4.74 Å². The summed E-state index contributed by atoms with van der Waals surface area (Å²) >= 11 is 0. The third kappa shape index (κ3) is 5.21. The van der Waals surface area contributed by atoms with Gasteiger partial charge >= 0.3 is 0 Å². The first-order valence-corrected chi connectivity index (χ1v) is 11.8. The zero-order valence-electron chi connectivity index (χ0n) is 18.2. The molecule has 1 aliphatic rings. The fourth-order valence-electron chi connectivity index (χ4n) is 4.17. The van der Waals surface area contributed by atoms with Gasteiger partial charge in [0, 0.05) is 19.1 Å². The normalized spacial score (nSPS) is 22.9. The third-order valence-corrected chi connectivity index (χ3v) is 7.63. The molecule has 2 aromatic carbocycles. The van der Waals surface area contributed by atoms with Gasteiger partial charge in [0.1, 0.15) is 5.75 Å². The number of ether oxygens (including phenoxy) is 1. The molecule has 0 radical (unpaired) electrons. The number of aliphatic hydroxyl groups is 1. The average molecular weight is 433 g/mol. The van der Waals surface area contributed by atoms with E-state index < -0.39 is 15.6 Å². The second-order valence-corrected chi connectivity index (χ2v) is 10.4. The van der Waals surface area contributed by atoms with Crippen LogP contribution in [-0.2, 0) is 21.4 Å². The summed E-state index contributed by atoms with van der Waals surface area (Å²) in [6, 6.07) is 14.7. The van der Waals surface area contributed by atoms with E-state index in [4.69, 9.17) is 4.74 Å². The van der Waals surface area contributed by atoms with Gasteiger partial charge < -0.3 is 14.7 Å². The summed E-state index contributed by atoms with van der Waals surface area (Å²) in [6.45, 7) is 2.80. The van der Waals surface area contributed by atoms with Crippen molar-refractivity contribution in [2.24, 2.45) is 0 Å². The largest absolute Gasteiger partial charge is 0.497 e. The van der Waals surface area contributed by atoms with Crippen LogP contribution in [0.25, 0.3) is 0 Å². The van der Waals surface area contributed by atoms with Gasteiger partial charge in [-0.05, 0) is 57.1 Å². The maximum atomic E-state index is 13.3. The molecule has 0 aliphatic carbocycles. The molecule has 1 aliphatic heterocycles. The van der Waals surface area contributed by atoms with E-state index in [1.165, 1.54) is 0 Å². The molecule has 6 nitrogen and oxygen atoms in total. The lowest BCUT2D eigenvalue weighted by atomic mass is 9.81. The number of aryl methyl sites for hydroxylation is 1. The highest BCUT2D eigenvalue weighted by Crippen LogP contribution is 2.38. The van der Waals surface area contributed by atoms with Gasteiger partial charge in [0.05, 0.1) is 18.5 Å². The first-order chi connectivity index (χ1) is 14.1. The molecule has 0 aromatic heterocycles. The summed E-state index contributed by atoms with van der Waals surface area (Å²) in [5.74, 6) is 0.647. The van der Waals surface area contributed by atoms with Crippen molar-refractivity contribution in [2.45, 2.75) is 37.2 Å². The van der Waals surface area contributed by atoms with Crippen molar-refractivity contribution in [2.75, 3.05) is 34.3 Å². The lowest BCUT2D eigenvalue weighted by Gasteiger charge is -2.44. The fourth-order valence-corrected chi connectivity index (χ4v) is 5.91. The van der Waals surface area contributed by atoms with E-state index in [9.17, 15) is 13.5 Å². The maximum absolute atomic E-state index is 13.3. The summed E-state index contributed by atoms with van der Waals surface area (Å²) in [6.07, 6.45) is 0.683. The number of nitrogens with zero attached hydrogens (tertiary/aromatic N) is 2. The quantitative estimate of drug-likeness (QED) is 0.729. The molecule has 7 heteroatoms. The molecule has 1 fully saturated rings. The summed E-state index contributed by atoms with van der Waals surface area (Å²) in [7, 11) is 1.92. The molecule has 2 aromatic rings. The zero-order chi connectivity index (χ0) is 21.9. The number of benzene rings is 2. The Labute approximate surface area is 180 Å². The number of methoxy groups -OCH3 is 1. The predicted octanol–water partition coefficient (Wildman–Crippen LogP) is 2.75. The van der Waals surface area contributed by atoms with Gasteiger partial charge in [-0.1, -0.05) is 42.0 Å². The molecule has 0 bridgehead atoms. The van der Waals surface area contributed by atoms with E-state index in [0.29, 0.717) is 25.1 Å². The van der Waals surface area contributed by atoms with Crippen LogP contribution in [0.3, 0.4) is 0 Å². The van der Waals surface area contributed by atoms with Crippen molar-refractivity contribution in [1.29, 1.82) is 0 Å². The minimum absolute atomic E-state index is 0.0329. The van der Waals surface area contributed by atoms with E-state index in [1.54, 1.807) is 11.4 Å². The topological polar surface area (TPSA) is 70.1 Å². The highest BCUT2D eigenvalue weighted by atomic mass is 32.2. The Kier molecular flexibility index (Phi) is 6.87. The fraction of sp³-hybridized carbons (Fsp3) is 0.478. The number of hydrogen-bond donors (Lipinski definition) is 1. The Hall–Kier alpha value is -1.93. The SMILES string of the molecule is COc1cccc(C2(O)CCN(S(=O)(=O)Cc3ccc(C)cc3)C(CN(C)C)C2)c1. The van der Waals surface area contributed by atoms with Crippen molar-refractivity contribution in [3.8, 4) is 5.75 Å². The summed E-state index contributed by atoms with van der Waals surface area (Å²) in [4.78, 5) is 1.97. The van der Waals surface area contributed by atoms with Crippen molar-refractivity contribution in [1.82, 2.24) is 9.21 Å². The standard InChI is InChI=1S/C23H32N2O4S/c1-18-8-10-19(11-9-18)17-30(27,28)25-13-12-23(26,15-21(25)16-24(2)3)20-6-5-7-22(14-20)29-4/h5-11,14,21,26H,12-13,15-17H2,1-4H3. The van der Waals surface area contributed by atoms with Gasteiger partial charge in [0.2, 0.25) is 10.0 Å². The van der Waals surface area contributed by atoms with Crippen LogP contribution in [-0.4, -0.2) is 63.1 Å². The second-order valence-electron chi connectivity index (χ2n) is 8.49. The Bertz CT molecular complexity index is 959. The average Bonchev–Trinajstić information content (AvgIpc) is 2.69. The molecule has 0 saturated carbocycles. The van der Waals surface area contributed by atoms with Crippen LogP contribution in [0.15, 0.2) is 48.5 Å². The van der Waals surface area contributed by atoms with Gasteiger partial charge in [-0.3, -0.25) is 0 Å². The van der Waals surface area contributed by atoms with Gasteiger partial charge in [-0.2, -0.15) is 4.31 Å². The van der Waals surface area contributed by atoms with Gasteiger partial charge in [0.25, 0.3) is 0 Å². The smallest absolute Gasteiger partial charge is 0.218 e. The van der Waals surface area contributed by atoms with E-state index in [-0.39, 0.29) is 18.3 Å². The molecular formula is C23H32N2O4S. The minimum Gasteiger partial charge on any atom is -0.497 e. The summed E-state index contributed by atoms with van der Waals surface area (Å²) in [5.41, 5.74) is 1.55. The molecule has 1 N–H and O–H groups in total. The molecular weight excluding hydrogens is 400 g/mol. The molecule has 30 heavy (non-hydrogen) atoms. The molecule has 0 amide bonds. The Balaban J connectivity index is 1.86. The number of likely N-dealkylation sites (N-methyl/N-ethyl adjacent to an activating group) is 1. The number of piperidine rings is 1. The first kappa shape index (κ1) is 22.7. The molecule has 164 valence electrons. The van der Waals surface area contributed by atoms with Crippen molar-refractivity contribution < 1.29 is 18.3 Å². The van der Waals surface area contributed by atoms with Crippen LogP contribution in [0, 0.1) is 6.92 Å². The molecule has 1 saturated heterocycles. The molecule has 2 unspecified atom stereocenters. The van der Waals surface area contributed by atoms with E-state index in [1.807, 2.05) is 74.4 Å². The minimum atomic E-state index is -3.52. The maximum Gasteiger partial charge on any atom is 0.218 e. The Morgan fingerprint density at radius 2 is 1.90 bits per heavy atom. The second kappa shape index (κ2) is 9.06. The van der Waals surface area contributed by atoms with Crippen molar-refractivity contribution >= 4 is 10.0 Å². The van der Waals surface area contributed by atoms with E-state index >= 15 is 0 Å². The first-order valence-electron chi connectivity index (χ1n) is 10.2. The third-order valence-electron chi connectivity index (χ3n) is 5.74. The molecule has 2 atom stereocenters. The summed E-state index contributed by atoms with van der Waals surface area (Å²) < 4.78 is 33.5. The summed E-state index contributed by atoms with van der Waals surface area (Å²) in [5, 5.41) is 11.5. The highest BCUT2D eigenvalue weighted by Gasteiger charge is 2.44. The number of hydrogen-bond acceptors (Lipinski definition) is 5. The van der Waals surface area contributed by atoms with Crippen LogP contribution in [0.1, 0.15) is 29.5 Å². The zero-order valence-corrected chi connectivity index (χ0v) is 19.0. The van der Waals surface area contributed by atoms with E-state index in [0.717, 1.165) is 16.7 Å².